The van der Waals surface area contributed by atoms with Gasteiger partial charge >= 0.3 is 17.7 Å². The van der Waals surface area contributed by atoms with Crippen molar-refractivity contribution in [2.24, 2.45) is 16.7 Å². The van der Waals surface area contributed by atoms with Crippen molar-refractivity contribution < 1.29 is 23.8 Å². The van der Waals surface area contributed by atoms with Crippen molar-refractivity contribution in [1.29, 1.82) is 0 Å². The van der Waals surface area contributed by atoms with E-state index in [1.54, 1.807) is 13.8 Å². The first-order valence-electron chi connectivity index (χ1n) is 8.84. The summed E-state index contributed by atoms with van der Waals surface area (Å²) in [5.41, 5.74) is 0.0907. The van der Waals surface area contributed by atoms with Crippen LogP contribution in [0.2, 0.25) is 0 Å². The van der Waals surface area contributed by atoms with E-state index in [2.05, 4.69) is 34.6 Å². The Labute approximate surface area is 147 Å². The van der Waals surface area contributed by atoms with Crippen molar-refractivity contribution in [3.8, 4) is 0 Å². The summed E-state index contributed by atoms with van der Waals surface area (Å²) in [5.74, 6) is -3.13. The Morgan fingerprint density at radius 3 is 1.96 bits per heavy atom. The van der Waals surface area contributed by atoms with E-state index >= 15 is 0 Å². The minimum absolute atomic E-state index is 0.00326. The highest BCUT2D eigenvalue weighted by Crippen LogP contribution is 2.40. The molecule has 0 aromatic carbocycles. The molecule has 0 heterocycles. The molecule has 2 unspecified atom stereocenters. The highest BCUT2D eigenvalue weighted by Gasteiger charge is 2.42. The van der Waals surface area contributed by atoms with Gasteiger partial charge in [0.15, 0.2) is 0 Å². The van der Waals surface area contributed by atoms with E-state index in [0.717, 1.165) is 6.42 Å². The third-order valence-electron chi connectivity index (χ3n) is 5.09. The second kappa shape index (κ2) is 8.84. The van der Waals surface area contributed by atoms with Crippen LogP contribution in [0.3, 0.4) is 0 Å². The van der Waals surface area contributed by atoms with E-state index in [1.165, 1.54) is 6.92 Å². The molecular formula is C19H36O5. The van der Waals surface area contributed by atoms with Crippen LogP contribution in [-0.2, 0) is 23.8 Å². The maximum absolute atomic E-state index is 12.2. The minimum Gasteiger partial charge on any atom is -0.461 e. The van der Waals surface area contributed by atoms with Gasteiger partial charge in [0.1, 0.15) is 0 Å². The summed E-state index contributed by atoms with van der Waals surface area (Å²) in [4.78, 5) is 24.3. The van der Waals surface area contributed by atoms with Crippen LogP contribution in [0.15, 0.2) is 0 Å². The molecule has 0 amide bonds. The average Bonchev–Trinajstić information content (AvgIpc) is 2.44. The number of hydrogen-bond acceptors (Lipinski definition) is 5. The van der Waals surface area contributed by atoms with Crippen molar-refractivity contribution in [3.63, 3.8) is 0 Å². The van der Waals surface area contributed by atoms with E-state index in [9.17, 15) is 9.59 Å². The lowest BCUT2D eigenvalue weighted by atomic mass is 9.67. The van der Waals surface area contributed by atoms with Gasteiger partial charge in [-0.05, 0) is 30.6 Å². The zero-order valence-electron chi connectivity index (χ0n) is 16.9. The largest absolute Gasteiger partial charge is 0.461 e. The van der Waals surface area contributed by atoms with Gasteiger partial charge in [0.05, 0.1) is 19.1 Å². The summed E-state index contributed by atoms with van der Waals surface area (Å²) in [6, 6.07) is 0. The standard InChI is InChI=1S/C19H36O5/c1-10-14(3)15(20)24-19(9,16(21)22-11-2)23-13-12-18(7,8)17(4,5)6/h14H,10-13H2,1-9H3. The smallest absolute Gasteiger partial charge is 0.379 e. The zero-order chi connectivity index (χ0) is 19.2. The second-order valence-corrected chi connectivity index (χ2v) is 8.13. The fourth-order valence-electron chi connectivity index (χ4n) is 1.73. The molecule has 5 nitrogen and oxygen atoms in total. The Balaban J connectivity index is 5.03. The van der Waals surface area contributed by atoms with Gasteiger partial charge < -0.3 is 14.2 Å². The van der Waals surface area contributed by atoms with E-state index < -0.39 is 17.7 Å². The fraction of sp³-hybridized carbons (Fsp3) is 0.895. The number of hydrogen-bond donors (Lipinski definition) is 0. The van der Waals surface area contributed by atoms with Crippen molar-refractivity contribution in [2.45, 2.75) is 80.9 Å². The van der Waals surface area contributed by atoms with E-state index in [-0.39, 0.29) is 23.4 Å². The van der Waals surface area contributed by atoms with Crippen molar-refractivity contribution in [2.75, 3.05) is 13.2 Å². The van der Waals surface area contributed by atoms with Gasteiger partial charge in [0, 0.05) is 6.92 Å². The number of ether oxygens (including phenoxy) is 3. The molecule has 0 spiro atoms. The maximum Gasteiger partial charge on any atom is 0.379 e. The topological polar surface area (TPSA) is 61.8 Å². The van der Waals surface area contributed by atoms with Gasteiger partial charge in [0.2, 0.25) is 0 Å². The second-order valence-electron chi connectivity index (χ2n) is 8.13. The number of carbonyl (C=O) groups excluding carboxylic acids is 2. The maximum atomic E-state index is 12.2. The van der Waals surface area contributed by atoms with Gasteiger partial charge in [-0.3, -0.25) is 4.79 Å². The Morgan fingerprint density at radius 2 is 1.54 bits per heavy atom. The van der Waals surface area contributed by atoms with Gasteiger partial charge in [-0.1, -0.05) is 48.5 Å². The number of rotatable bonds is 9. The van der Waals surface area contributed by atoms with Gasteiger partial charge in [-0.2, -0.15) is 0 Å². The lowest BCUT2D eigenvalue weighted by Crippen LogP contribution is -2.46. The first-order valence-corrected chi connectivity index (χ1v) is 8.84. The summed E-state index contributed by atoms with van der Waals surface area (Å²) in [6.07, 6.45) is 1.36. The van der Waals surface area contributed by atoms with Gasteiger partial charge in [0.25, 0.3) is 0 Å². The molecule has 0 N–H and O–H groups in total. The normalized spacial score (nSPS) is 16.2. The zero-order valence-corrected chi connectivity index (χ0v) is 16.9. The average molecular weight is 344 g/mol. The molecule has 0 bridgehead atoms. The van der Waals surface area contributed by atoms with Crippen molar-refractivity contribution >= 4 is 11.9 Å². The first kappa shape index (κ1) is 22.9. The summed E-state index contributed by atoms with van der Waals surface area (Å²) in [6.45, 7) is 18.1. The Morgan fingerprint density at radius 1 is 1.00 bits per heavy atom. The number of carbonyl (C=O) groups is 2. The van der Waals surface area contributed by atoms with Crippen LogP contribution in [0, 0.1) is 16.7 Å². The molecule has 0 aromatic heterocycles. The summed E-state index contributed by atoms with van der Waals surface area (Å²) >= 11 is 0. The third kappa shape index (κ3) is 6.42. The Hall–Kier alpha value is -1.10. The molecular weight excluding hydrogens is 308 g/mol. The minimum atomic E-state index is -1.70. The van der Waals surface area contributed by atoms with Gasteiger partial charge in [-0.15, -0.1) is 0 Å². The SMILES string of the molecule is CCOC(=O)C(C)(OCCC(C)(C)C(C)(C)C)OC(=O)C(C)CC. The van der Waals surface area contributed by atoms with Crippen LogP contribution >= 0.6 is 0 Å². The van der Waals surface area contributed by atoms with Crippen molar-refractivity contribution in [1.82, 2.24) is 0 Å². The highest BCUT2D eigenvalue weighted by molar-refractivity contribution is 5.82. The molecule has 0 saturated carbocycles. The molecule has 5 heteroatoms. The lowest BCUT2D eigenvalue weighted by molar-refractivity contribution is -0.241. The van der Waals surface area contributed by atoms with Crippen LogP contribution in [0.5, 0.6) is 0 Å². The lowest BCUT2D eigenvalue weighted by Gasteiger charge is -2.39. The monoisotopic (exact) mass is 344 g/mol. The fourth-order valence-corrected chi connectivity index (χ4v) is 1.73. The molecule has 24 heavy (non-hydrogen) atoms. The summed E-state index contributed by atoms with van der Waals surface area (Å²) in [7, 11) is 0. The molecule has 0 aliphatic heterocycles. The predicted molar refractivity (Wildman–Crippen MR) is 94.4 cm³/mol. The van der Waals surface area contributed by atoms with Crippen LogP contribution < -0.4 is 0 Å². The molecule has 142 valence electrons. The Bertz CT molecular complexity index is 422. The number of esters is 2. The van der Waals surface area contributed by atoms with E-state index in [0.29, 0.717) is 13.0 Å². The molecule has 0 aliphatic rings. The molecule has 0 aromatic rings. The summed E-state index contributed by atoms with van der Waals surface area (Å²) < 4.78 is 16.1. The molecule has 2 atom stereocenters. The van der Waals surface area contributed by atoms with E-state index in [1.807, 2.05) is 6.92 Å². The molecule has 0 rings (SSSR count). The molecule has 0 saturated heterocycles. The van der Waals surface area contributed by atoms with Crippen LogP contribution in [0.25, 0.3) is 0 Å². The highest BCUT2D eigenvalue weighted by atomic mass is 16.7. The van der Waals surface area contributed by atoms with Crippen LogP contribution in [-0.4, -0.2) is 30.9 Å². The predicted octanol–water partition coefficient (Wildman–Crippen LogP) is 4.33. The van der Waals surface area contributed by atoms with Gasteiger partial charge in [-0.25, -0.2) is 4.79 Å². The Kier molecular flexibility index (Phi) is 8.43. The third-order valence-corrected chi connectivity index (χ3v) is 5.09. The molecule has 0 aliphatic carbocycles. The van der Waals surface area contributed by atoms with E-state index in [4.69, 9.17) is 14.2 Å². The first-order chi connectivity index (χ1) is 10.8. The quantitative estimate of drug-likeness (QED) is 0.460. The molecule has 0 fully saturated rings. The summed E-state index contributed by atoms with van der Waals surface area (Å²) in [5, 5.41) is 0. The molecule has 0 radical (unpaired) electrons. The van der Waals surface area contributed by atoms with Crippen LogP contribution in [0.4, 0.5) is 0 Å². The van der Waals surface area contributed by atoms with Crippen molar-refractivity contribution in [3.05, 3.63) is 0 Å². The van der Waals surface area contributed by atoms with Crippen LogP contribution in [0.1, 0.15) is 75.2 Å².